The van der Waals surface area contributed by atoms with Gasteiger partial charge in [0.1, 0.15) is 0 Å². The number of nitrogens with one attached hydrogen (secondary N) is 1. The van der Waals surface area contributed by atoms with E-state index in [9.17, 15) is 4.79 Å². The molecule has 0 aliphatic heterocycles. The van der Waals surface area contributed by atoms with Gasteiger partial charge in [-0.25, -0.2) is 0 Å². The number of anilines is 2. The first kappa shape index (κ1) is 13.9. The number of hydrogen-bond acceptors (Lipinski definition) is 2. The number of nitrogen functional groups attached to an aromatic ring is 1. The van der Waals surface area contributed by atoms with Crippen LogP contribution >= 0.6 is 27.5 Å². The number of benzene rings is 2. The van der Waals surface area contributed by atoms with Crippen LogP contribution in [-0.4, -0.2) is 5.91 Å². The molecule has 0 saturated carbocycles. The Morgan fingerprint density at radius 2 is 2.00 bits per heavy atom. The number of halogens is 2. The van der Waals surface area contributed by atoms with Gasteiger partial charge >= 0.3 is 0 Å². The van der Waals surface area contributed by atoms with E-state index in [0.29, 0.717) is 22.0 Å². The smallest absolute Gasteiger partial charge is 0.255 e. The fourth-order valence-electron chi connectivity index (χ4n) is 1.59. The zero-order valence-electron chi connectivity index (χ0n) is 10.2. The van der Waals surface area contributed by atoms with Gasteiger partial charge in [0.2, 0.25) is 0 Å². The van der Waals surface area contributed by atoms with Crippen molar-refractivity contribution in [2.45, 2.75) is 6.92 Å². The monoisotopic (exact) mass is 338 g/mol. The van der Waals surface area contributed by atoms with Crippen molar-refractivity contribution in [3.63, 3.8) is 0 Å². The lowest BCUT2D eigenvalue weighted by Gasteiger charge is -2.08. The third-order valence-corrected chi connectivity index (χ3v) is 3.90. The number of rotatable bonds is 2. The second-order valence-electron chi connectivity index (χ2n) is 4.15. The second-order valence-corrected chi connectivity index (χ2v) is 5.42. The predicted octanol–water partition coefficient (Wildman–Crippen LogP) is 4.25. The van der Waals surface area contributed by atoms with E-state index < -0.39 is 0 Å². The van der Waals surface area contributed by atoms with Crippen LogP contribution in [0.2, 0.25) is 5.02 Å². The topological polar surface area (TPSA) is 55.1 Å². The third-order valence-electron chi connectivity index (χ3n) is 2.68. The number of nitrogens with two attached hydrogens (primary N) is 1. The molecule has 19 heavy (non-hydrogen) atoms. The summed E-state index contributed by atoms with van der Waals surface area (Å²) in [5.41, 5.74) is 8.31. The molecule has 0 spiro atoms. The van der Waals surface area contributed by atoms with Crippen molar-refractivity contribution in [3.8, 4) is 0 Å². The van der Waals surface area contributed by atoms with Crippen LogP contribution in [0.1, 0.15) is 15.9 Å². The quantitative estimate of drug-likeness (QED) is 0.804. The maximum absolute atomic E-state index is 12.1. The highest BCUT2D eigenvalue weighted by atomic mass is 79.9. The van der Waals surface area contributed by atoms with Crippen molar-refractivity contribution >= 4 is 44.8 Å². The Bertz CT molecular complexity index is 643. The predicted molar refractivity (Wildman–Crippen MR) is 82.7 cm³/mol. The molecule has 0 aromatic heterocycles. The minimum atomic E-state index is -0.184. The Morgan fingerprint density at radius 3 is 2.63 bits per heavy atom. The lowest BCUT2D eigenvalue weighted by molar-refractivity contribution is 0.102. The maximum atomic E-state index is 12.1. The number of hydrogen-bond donors (Lipinski definition) is 2. The normalized spacial score (nSPS) is 10.3. The molecule has 3 nitrogen and oxygen atoms in total. The Balaban J connectivity index is 2.20. The van der Waals surface area contributed by atoms with Crippen LogP contribution in [0.5, 0.6) is 0 Å². The van der Waals surface area contributed by atoms with Gasteiger partial charge < -0.3 is 11.1 Å². The number of carbonyl (C=O) groups excluding carboxylic acids is 1. The van der Waals surface area contributed by atoms with E-state index in [2.05, 4.69) is 21.2 Å². The minimum Gasteiger partial charge on any atom is -0.398 e. The summed E-state index contributed by atoms with van der Waals surface area (Å²) in [6.45, 7) is 1.93. The Morgan fingerprint density at radius 1 is 1.26 bits per heavy atom. The van der Waals surface area contributed by atoms with Gasteiger partial charge in [-0.1, -0.05) is 27.5 Å². The molecule has 0 radical (unpaired) electrons. The average molecular weight is 340 g/mol. The molecule has 0 saturated heterocycles. The Kier molecular flexibility index (Phi) is 4.12. The molecular weight excluding hydrogens is 328 g/mol. The first-order chi connectivity index (χ1) is 8.97. The van der Waals surface area contributed by atoms with E-state index in [1.165, 1.54) is 0 Å². The van der Waals surface area contributed by atoms with E-state index in [1.54, 1.807) is 24.3 Å². The van der Waals surface area contributed by atoms with Gasteiger partial charge in [-0.15, -0.1) is 0 Å². The zero-order chi connectivity index (χ0) is 14.0. The summed E-state index contributed by atoms with van der Waals surface area (Å²) in [6.07, 6.45) is 0. The van der Waals surface area contributed by atoms with Crippen LogP contribution < -0.4 is 11.1 Å². The molecule has 2 rings (SSSR count). The molecule has 0 aliphatic carbocycles. The largest absolute Gasteiger partial charge is 0.398 e. The van der Waals surface area contributed by atoms with Gasteiger partial charge in [-0.3, -0.25) is 4.79 Å². The van der Waals surface area contributed by atoms with E-state index in [0.717, 1.165) is 10.0 Å². The molecule has 0 atom stereocenters. The summed E-state index contributed by atoms with van der Waals surface area (Å²) in [6, 6.07) is 10.4. The van der Waals surface area contributed by atoms with Crippen molar-refractivity contribution < 1.29 is 4.79 Å². The van der Waals surface area contributed by atoms with E-state index in [-0.39, 0.29) is 5.91 Å². The number of amides is 1. The molecule has 2 aromatic rings. The molecule has 0 heterocycles. The summed E-state index contributed by atoms with van der Waals surface area (Å²) in [7, 11) is 0. The van der Waals surface area contributed by atoms with Crippen LogP contribution in [0.15, 0.2) is 40.9 Å². The maximum Gasteiger partial charge on any atom is 0.255 e. The molecule has 3 N–H and O–H groups in total. The van der Waals surface area contributed by atoms with Gasteiger partial charge in [0.15, 0.2) is 0 Å². The molecule has 0 fully saturated rings. The molecule has 0 unspecified atom stereocenters. The minimum absolute atomic E-state index is 0.184. The first-order valence-corrected chi connectivity index (χ1v) is 6.77. The SMILES string of the molecule is Cc1cc(C(=O)Nc2ccc(N)c(Cl)c2)ccc1Br. The second kappa shape index (κ2) is 5.63. The first-order valence-electron chi connectivity index (χ1n) is 5.60. The van der Waals surface area contributed by atoms with Crippen LogP contribution in [0.4, 0.5) is 11.4 Å². The van der Waals surface area contributed by atoms with Crippen LogP contribution in [-0.2, 0) is 0 Å². The average Bonchev–Trinajstić information content (AvgIpc) is 2.37. The highest BCUT2D eigenvalue weighted by molar-refractivity contribution is 9.10. The number of aryl methyl sites for hydroxylation is 1. The molecule has 0 bridgehead atoms. The zero-order valence-corrected chi connectivity index (χ0v) is 12.5. The lowest BCUT2D eigenvalue weighted by Crippen LogP contribution is -2.12. The van der Waals surface area contributed by atoms with Gasteiger partial charge in [-0.2, -0.15) is 0 Å². The molecule has 5 heteroatoms. The van der Waals surface area contributed by atoms with Crippen LogP contribution in [0.25, 0.3) is 0 Å². The number of carbonyl (C=O) groups is 1. The highest BCUT2D eigenvalue weighted by Crippen LogP contribution is 2.23. The van der Waals surface area contributed by atoms with Crippen molar-refractivity contribution in [3.05, 3.63) is 57.0 Å². The van der Waals surface area contributed by atoms with Crippen molar-refractivity contribution in [2.75, 3.05) is 11.1 Å². The standard InChI is InChI=1S/C14H12BrClN2O/c1-8-6-9(2-4-11(8)15)14(19)18-10-3-5-13(17)12(16)7-10/h2-7H,17H2,1H3,(H,18,19). The van der Waals surface area contributed by atoms with Crippen molar-refractivity contribution in [1.29, 1.82) is 0 Å². The fourth-order valence-corrected chi connectivity index (χ4v) is 2.02. The molecule has 98 valence electrons. The lowest BCUT2D eigenvalue weighted by atomic mass is 10.1. The summed E-state index contributed by atoms with van der Waals surface area (Å²) >= 11 is 9.31. The van der Waals surface area contributed by atoms with Crippen molar-refractivity contribution in [2.24, 2.45) is 0 Å². The molecule has 1 amide bonds. The Labute approximate surface area is 124 Å². The molecule has 0 aliphatic rings. The van der Waals surface area contributed by atoms with E-state index >= 15 is 0 Å². The van der Waals surface area contributed by atoms with Crippen LogP contribution in [0, 0.1) is 6.92 Å². The summed E-state index contributed by atoms with van der Waals surface area (Å²) in [5, 5.41) is 3.20. The van der Waals surface area contributed by atoms with Gasteiger partial charge in [0.05, 0.1) is 10.7 Å². The fraction of sp³-hybridized carbons (Fsp3) is 0.0714. The van der Waals surface area contributed by atoms with E-state index in [4.69, 9.17) is 17.3 Å². The Hall–Kier alpha value is -1.52. The van der Waals surface area contributed by atoms with E-state index in [1.807, 2.05) is 19.1 Å². The highest BCUT2D eigenvalue weighted by Gasteiger charge is 2.08. The van der Waals surface area contributed by atoms with Gasteiger partial charge in [0, 0.05) is 15.7 Å². The summed E-state index contributed by atoms with van der Waals surface area (Å²) < 4.78 is 0.972. The van der Waals surface area contributed by atoms with Crippen molar-refractivity contribution in [1.82, 2.24) is 0 Å². The van der Waals surface area contributed by atoms with Gasteiger partial charge in [-0.05, 0) is 48.9 Å². The summed E-state index contributed by atoms with van der Waals surface area (Å²) in [4.78, 5) is 12.1. The summed E-state index contributed by atoms with van der Waals surface area (Å²) in [5.74, 6) is -0.184. The van der Waals surface area contributed by atoms with Gasteiger partial charge in [0.25, 0.3) is 5.91 Å². The third kappa shape index (κ3) is 3.28. The molecule has 2 aromatic carbocycles. The molecular formula is C14H12BrClN2O. The van der Waals surface area contributed by atoms with Crippen LogP contribution in [0.3, 0.4) is 0 Å².